The third-order valence-electron chi connectivity index (χ3n) is 4.98. The monoisotopic (exact) mass is 404 g/mol. The highest BCUT2D eigenvalue weighted by Gasteiger charge is 2.42. The molecule has 0 unspecified atom stereocenters. The second-order valence-electron chi connectivity index (χ2n) is 7.18. The van der Waals surface area contributed by atoms with Crippen LogP contribution in [0.5, 0.6) is 0 Å². The summed E-state index contributed by atoms with van der Waals surface area (Å²) < 4.78 is 64.5. The van der Waals surface area contributed by atoms with Gasteiger partial charge in [0.15, 0.2) is 0 Å². The molecule has 2 fully saturated rings. The van der Waals surface area contributed by atoms with E-state index in [9.17, 15) is 26.4 Å². The predicted octanol–water partition coefficient (Wildman–Crippen LogP) is 3.46. The molecule has 9 heteroatoms. The zero-order chi connectivity index (χ0) is 19.7. The van der Waals surface area contributed by atoms with Crippen LogP contribution in [0.2, 0.25) is 0 Å². The first kappa shape index (κ1) is 20.1. The van der Waals surface area contributed by atoms with Crippen LogP contribution in [0.25, 0.3) is 0 Å². The van der Waals surface area contributed by atoms with Crippen LogP contribution in [-0.4, -0.2) is 43.4 Å². The van der Waals surface area contributed by atoms with Crippen LogP contribution in [0, 0.1) is 0 Å². The Balaban J connectivity index is 1.75. The molecule has 2 aliphatic rings. The van der Waals surface area contributed by atoms with Crippen molar-refractivity contribution in [3.05, 3.63) is 29.8 Å². The Kier molecular flexibility index (Phi) is 5.81. The van der Waals surface area contributed by atoms with Crippen molar-refractivity contribution in [2.75, 3.05) is 6.54 Å². The van der Waals surface area contributed by atoms with Crippen molar-refractivity contribution in [3.63, 3.8) is 0 Å². The van der Waals surface area contributed by atoms with Gasteiger partial charge in [0.1, 0.15) is 6.54 Å². The van der Waals surface area contributed by atoms with E-state index in [2.05, 4.69) is 0 Å². The lowest BCUT2D eigenvalue weighted by atomic mass is 9.95. The van der Waals surface area contributed by atoms with Gasteiger partial charge in [-0.15, -0.1) is 0 Å². The van der Waals surface area contributed by atoms with Crippen LogP contribution < -0.4 is 5.32 Å². The number of carbonyl (C=O) groups is 1. The average Bonchev–Trinajstić information content (AvgIpc) is 3.45. The first-order chi connectivity index (χ1) is 12.7. The number of hydrogen-bond donors (Lipinski definition) is 1. The largest absolute Gasteiger partial charge is 0.405 e. The molecule has 0 spiro atoms. The van der Waals surface area contributed by atoms with Crippen molar-refractivity contribution in [3.8, 4) is 0 Å². The number of halogens is 3. The van der Waals surface area contributed by atoms with Gasteiger partial charge in [-0.2, -0.15) is 17.5 Å². The maximum atomic E-state index is 13.1. The molecule has 2 saturated carbocycles. The number of rotatable bonds is 6. The molecular weight excluding hydrogens is 381 g/mol. The summed E-state index contributed by atoms with van der Waals surface area (Å²) in [7, 11) is -3.69. The van der Waals surface area contributed by atoms with Crippen LogP contribution in [0.3, 0.4) is 0 Å². The molecule has 1 amide bonds. The summed E-state index contributed by atoms with van der Waals surface area (Å²) in [5.74, 6) is -0.886. The van der Waals surface area contributed by atoms with Crippen molar-refractivity contribution in [2.45, 2.75) is 68.1 Å². The molecule has 0 saturated heterocycles. The quantitative estimate of drug-likeness (QED) is 0.790. The molecule has 0 aromatic heterocycles. The maximum absolute atomic E-state index is 13.1. The summed E-state index contributed by atoms with van der Waals surface area (Å²) >= 11 is 0. The fourth-order valence-corrected chi connectivity index (χ4v) is 5.47. The molecule has 0 radical (unpaired) electrons. The van der Waals surface area contributed by atoms with E-state index >= 15 is 0 Å². The van der Waals surface area contributed by atoms with E-state index in [-0.39, 0.29) is 22.5 Å². The number of hydrogen-bond acceptors (Lipinski definition) is 3. The van der Waals surface area contributed by atoms with Gasteiger partial charge in [-0.3, -0.25) is 4.79 Å². The summed E-state index contributed by atoms with van der Waals surface area (Å²) in [4.78, 5) is 11.9. The summed E-state index contributed by atoms with van der Waals surface area (Å²) in [6, 6.07) is 5.15. The van der Waals surface area contributed by atoms with E-state index in [4.69, 9.17) is 0 Å². The maximum Gasteiger partial charge on any atom is 0.405 e. The van der Waals surface area contributed by atoms with Gasteiger partial charge >= 0.3 is 6.18 Å². The van der Waals surface area contributed by atoms with E-state index in [0.717, 1.165) is 44.9 Å². The van der Waals surface area contributed by atoms with Gasteiger partial charge in [0.05, 0.1) is 4.90 Å². The number of nitrogens with one attached hydrogen (secondary N) is 1. The molecule has 0 atom stereocenters. The third-order valence-corrected chi connectivity index (χ3v) is 7.00. The van der Waals surface area contributed by atoms with Gasteiger partial charge in [-0.25, -0.2) is 8.42 Å². The zero-order valence-corrected chi connectivity index (χ0v) is 15.7. The molecule has 0 bridgehead atoms. The van der Waals surface area contributed by atoms with E-state index in [1.165, 1.54) is 24.3 Å². The van der Waals surface area contributed by atoms with Crippen LogP contribution in [0.4, 0.5) is 13.2 Å². The lowest BCUT2D eigenvalue weighted by Crippen LogP contribution is -2.42. The highest BCUT2D eigenvalue weighted by atomic mass is 32.2. The van der Waals surface area contributed by atoms with Gasteiger partial charge in [-0.05, 0) is 49.9 Å². The summed E-state index contributed by atoms with van der Waals surface area (Å²) in [6.45, 7) is -1.43. The Morgan fingerprint density at radius 2 is 1.56 bits per heavy atom. The Morgan fingerprint density at radius 3 is 2.07 bits per heavy atom. The number of nitrogens with zero attached hydrogens (tertiary/aromatic N) is 1. The fourth-order valence-electron chi connectivity index (χ4n) is 3.54. The predicted molar refractivity (Wildman–Crippen MR) is 93.8 cm³/mol. The van der Waals surface area contributed by atoms with Crippen molar-refractivity contribution in [1.29, 1.82) is 0 Å². The average molecular weight is 404 g/mol. The van der Waals surface area contributed by atoms with E-state index in [1.807, 2.05) is 0 Å². The molecular formula is C18H23F3N2O3S. The van der Waals surface area contributed by atoms with E-state index in [1.54, 1.807) is 9.62 Å². The first-order valence-corrected chi connectivity index (χ1v) is 10.6. The van der Waals surface area contributed by atoms with Gasteiger partial charge in [-0.1, -0.05) is 19.3 Å². The topological polar surface area (TPSA) is 66.5 Å². The highest BCUT2D eigenvalue weighted by molar-refractivity contribution is 7.89. The van der Waals surface area contributed by atoms with Crippen molar-refractivity contribution >= 4 is 15.9 Å². The van der Waals surface area contributed by atoms with E-state index in [0.29, 0.717) is 0 Å². The van der Waals surface area contributed by atoms with Gasteiger partial charge in [0.25, 0.3) is 5.91 Å². The SMILES string of the molecule is O=C(NCC(F)(F)F)c1ccc(S(=O)(=O)N(C2CCCCC2)C2CC2)cc1. The number of alkyl halides is 3. The zero-order valence-electron chi connectivity index (χ0n) is 14.8. The Hall–Kier alpha value is -1.61. The first-order valence-electron chi connectivity index (χ1n) is 9.17. The highest BCUT2D eigenvalue weighted by Crippen LogP contribution is 2.38. The summed E-state index contributed by atoms with van der Waals surface area (Å²) in [6.07, 6.45) is 2.08. The number of carbonyl (C=O) groups excluding carboxylic acids is 1. The molecule has 1 N–H and O–H groups in total. The van der Waals surface area contributed by atoms with Crippen molar-refractivity contribution in [2.24, 2.45) is 0 Å². The molecule has 3 rings (SSSR count). The minimum absolute atomic E-state index is 0.00557. The molecule has 27 heavy (non-hydrogen) atoms. The molecule has 1 aromatic carbocycles. The Morgan fingerprint density at radius 1 is 1.00 bits per heavy atom. The van der Waals surface area contributed by atoms with Crippen LogP contribution in [0.15, 0.2) is 29.2 Å². The minimum atomic E-state index is -4.50. The number of amides is 1. The second kappa shape index (κ2) is 7.79. The Bertz CT molecular complexity index is 768. The standard InChI is InChI=1S/C18H23F3N2O3S/c19-18(20,21)12-22-17(24)13-6-10-16(11-7-13)27(25,26)23(15-8-9-15)14-4-2-1-3-5-14/h6-7,10-11,14-15H,1-5,8-9,12H2,(H,22,24). The van der Waals surface area contributed by atoms with Crippen molar-refractivity contribution < 1.29 is 26.4 Å². The van der Waals surface area contributed by atoms with E-state index < -0.39 is 28.7 Å². The molecule has 2 aliphatic carbocycles. The van der Waals surface area contributed by atoms with Gasteiger partial charge in [0, 0.05) is 17.6 Å². The minimum Gasteiger partial charge on any atom is -0.343 e. The van der Waals surface area contributed by atoms with Crippen LogP contribution in [-0.2, 0) is 10.0 Å². The van der Waals surface area contributed by atoms with Gasteiger partial charge < -0.3 is 5.32 Å². The summed E-state index contributed by atoms with van der Waals surface area (Å²) in [5.41, 5.74) is -0.00571. The number of sulfonamides is 1. The normalized spacial score (nSPS) is 19.3. The molecule has 5 nitrogen and oxygen atoms in total. The van der Waals surface area contributed by atoms with Gasteiger partial charge in [0.2, 0.25) is 10.0 Å². The lowest BCUT2D eigenvalue weighted by molar-refractivity contribution is -0.123. The second-order valence-corrected chi connectivity index (χ2v) is 9.02. The smallest absolute Gasteiger partial charge is 0.343 e. The molecule has 0 aliphatic heterocycles. The Labute approximate surface area is 157 Å². The lowest BCUT2D eigenvalue weighted by Gasteiger charge is -2.33. The molecule has 1 aromatic rings. The molecule has 150 valence electrons. The number of benzene rings is 1. The van der Waals surface area contributed by atoms with Crippen molar-refractivity contribution in [1.82, 2.24) is 9.62 Å². The van der Waals surface area contributed by atoms with Crippen LogP contribution in [0.1, 0.15) is 55.3 Å². The fraction of sp³-hybridized carbons (Fsp3) is 0.611. The molecule has 0 heterocycles. The summed E-state index contributed by atoms with van der Waals surface area (Å²) in [5, 5.41) is 1.78. The van der Waals surface area contributed by atoms with Crippen LogP contribution >= 0.6 is 0 Å². The third kappa shape index (κ3) is 5.01.